The molecule has 0 atom stereocenters. The first-order valence-corrected chi connectivity index (χ1v) is 7.50. The summed E-state index contributed by atoms with van der Waals surface area (Å²) in [4.78, 5) is 23.3. The summed E-state index contributed by atoms with van der Waals surface area (Å²) in [5.41, 5.74) is 2.18. The normalized spacial score (nSPS) is 12.9. The molecule has 0 bridgehead atoms. The molecule has 2 aromatic rings. The van der Waals surface area contributed by atoms with Gasteiger partial charge in [0.25, 0.3) is 5.91 Å². The quantitative estimate of drug-likeness (QED) is 0.883. The molecule has 1 aliphatic heterocycles. The van der Waals surface area contributed by atoms with E-state index in [9.17, 15) is 9.59 Å². The monoisotopic (exact) mass is 360 g/mol. The minimum Gasteiger partial charge on any atom is -0.482 e. The van der Waals surface area contributed by atoms with Gasteiger partial charge >= 0.3 is 0 Å². The lowest BCUT2D eigenvalue weighted by atomic mass is 10.1. The molecule has 1 heterocycles. The van der Waals surface area contributed by atoms with Gasteiger partial charge < -0.3 is 15.4 Å². The predicted octanol–water partition coefficient (Wildman–Crippen LogP) is 2.96. The highest BCUT2D eigenvalue weighted by molar-refractivity contribution is 9.10. The minimum absolute atomic E-state index is 0.0106. The van der Waals surface area contributed by atoms with E-state index in [0.29, 0.717) is 23.5 Å². The molecule has 3 rings (SSSR count). The summed E-state index contributed by atoms with van der Waals surface area (Å²) in [5, 5.41) is 5.53. The summed E-state index contributed by atoms with van der Waals surface area (Å²) in [6.45, 7) is -0.0106. The Morgan fingerprint density at radius 1 is 1.23 bits per heavy atom. The highest BCUT2D eigenvalue weighted by Gasteiger charge is 2.16. The number of carbonyl (C=O) groups excluding carboxylic acids is 2. The average Bonchev–Trinajstić information content (AvgIpc) is 2.50. The van der Waals surface area contributed by atoms with Gasteiger partial charge in [-0.2, -0.15) is 0 Å². The molecular formula is C16H13BrN2O3. The number of nitrogens with one attached hydrogen (secondary N) is 2. The fourth-order valence-corrected chi connectivity index (χ4v) is 2.41. The van der Waals surface area contributed by atoms with Crippen molar-refractivity contribution in [1.82, 2.24) is 0 Å². The fourth-order valence-electron chi connectivity index (χ4n) is 2.15. The number of rotatable bonds is 3. The van der Waals surface area contributed by atoms with Crippen LogP contribution in [0.1, 0.15) is 5.56 Å². The van der Waals surface area contributed by atoms with E-state index >= 15 is 0 Å². The van der Waals surface area contributed by atoms with Crippen LogP contribution in [0.2, 0.25) is 0 Å². The lowest BCUT2D eigenvalue weighted by molar-refractivity contribution is -0.118. The van der Waals surface area contributed by atoms with Crippen molar-refractivity contribution in [2.24, 2.45) is 0 Å². The van der Waals surface area contributed by atoms with Crippen LogP contribution in [0.4, 0.5) is 11.4 Å². The van der Waals surface area contributed by atoms with Crippen molar-refractivity contribution in [2.75, 3.05) is 17.2 Å². The molecule has 6 heteroatoms. The zero-order valence-corrected chi connectivity index (χ0v) is 13.1. The van der Waals surface area contributed by atoms with Crippen LogP contribution in [-0.4, -0.2) is 18.4 Å². The number of anilines is 2. The molecule has 22 heavy (non-hydrogen) atoms. The number of benzene rings is 2. The second kappa shape index (κ2) is 6.19. The number of fused-ring (bicyclic) bond motifs is 1. The van der Waals surface area contributed by atoms with Crippen molar-refractivity contribution in [3.63, 3.8) is 0 Å². The number of hydrogen-bond acceptors (Lipinski definition) is 3. The summed E-state index contributed by atoms with van der Waals surface area (Å²) >= 11 is 3.36. The van der Waals surface area contributed by atoms with Crippen LogP contribution >= 0.6 is 15.9 Å². The molecule has 2 amide bonds. The summed E-state index contributed by atoms with van der Waals surface area (Å²) in [7, 11) is 0. The molecule has 1 aliphatic rings. The summed E-state index contributed by atoms with van der Waals surface area (Å²) in [6, 6.07) is 12.7. The van der Waals surface area contributed by atoms with E-state index < -0.39 is 0 Å². The van der Waals surface area contributed by atoms with E-state index in [2.05, 4.69) is 26.6 Å². The third-order valence-corrected chi connectivity index (χ3v) is 3.70. The molecule has 5 nitrogen and oxygen atoms in total. The van der Waals surface area contributed by atoms with Gasteiger partial charge in [0.15, 0.2) is 6.61 Å². The van der Waals surface area contributed by atoms with E-state index in [4.69, 9.17) is 4.74 Å². The van der Waals surface area contributed by atoms with Crippen LogP contribution in [0.25, 0.3) is 0 Å². The molecule has 112 valence electrons. The predicted molar refractivity (Wildman–Crippen MR) is 87.0 cm³/mol. The van der Waals surface area contributed by atoms with E-state index in [-0.39, 0.29) is 18.4 Å². The topological polar surface area (TPSA) is 67.4 Å². The first kappa shape index (κ1) is 14.6. The SMILES string of the molecule is O=C(Cc1ccc(Br)cc1)Nc1ccc2c(c1)OCC(=O)N2. The maximum Gasteiger partial charge on any atom is 0.262 e. The number of amides is 2. The Labute approximate surface area is 135 Å². The number of ether oxygens (including phenoxy) is 1. The molecule has 0 radical (unpaired) electrons. The molecule has 0 spiro atoms. The highest BCUT2D eigenvalue weighted by atomic mass is 79.9. The van der Waals surface area contributed by atoms with Crippen LogP contribution in [0.5, 0.6) is 5.75 Å². The van der Waals surface area contributed by atoms with Gasteiger partial charge in [0.2, 0.25) is 5.91 Å². The van der Waals surface area contributed by atoms with Crippen molar-refractivity contribution < 1.29 is 14.3 Å². The van der Waals surface area contributed by atoms with Gasteiger partial charge in [-0.3, -0.25) is 9.59 Å². The van der Waals surface area contributed by atoms with Crippen LogP contribution in [0, 0.1) is 0 Å². The van der Waals surface area contributed by atoms with Gasteiger partial charge in [-0.25, -0.2) is 0 Å². The van der Waals surface area contributed by atoms with Gasteiger partial charge in [-0.1, -0.05) is 28.1 Å². The largest absolute Gasteiger partial charge is 0.482 e. The van der Waals surface area contributed by atoms with Crippen LogP contribution in [0.15, 0.2) is 46.9 Å². The Hall–Kier alpha value is -2.34. The molecule has 0 aromatic heterocycles. The zero-order chi connectivity index (χ0) is 15.5. The second-order valence-corrected chi connectivity index (χ2v) is 5.81. The fraction of sp³-hybridized carbons (Fsp3) is 0.125. The molecule has 0 aliphatic carbocycles. The molecule has 0 saturated heterocycles. The number of halogens is 1. The van der Waals surface area contributed by atoms with Gasteiger partial charge in [0.05, 0.1) is 12.1 Å². The second-order valence-electron chi connectivity index (χ2n) is 4.90. The lowest BCUT2D eigenvalue weighted by Crippen LogP contribution is -2.25. The van der Waals surface area contributed by atoms with Gasteiger partial charge in [-0.15, -0.1) is 0 Å². The van der Waals surface area contributed by atoms with Crippen molar-refractivity contribution in [2.45, 2.75) is 6.42 Å². The van der Waals surface area contributed by atoms with E-state index in [1.807, 2.05) is 24.3 Å². The molecule has 0 fully saturated rings. The highest BCUT2D eigenvalue weighted by Crippen LogP contribution is 2.30. The molecule has 0 saturated carbocycles. The maximum absolute atomic E-state index is 12.1. The Kier molecular flexibility index (Phi) is 4.11. The van der Waals surface area contributed by atoms with Gasteiger partial charge in [0, 0.05) is 16.2 Å². The Morgan fingerprint density at radius 2 is 2.00 bits per heavy atom. The Morgan fingerprint density at radius 3 is 2.77 bits per heavy atom. The average molecular weight is 361 g/mol. The lowest BCUT2D eigenvalue weighted by Gasteiger charge is -2.18. The minimum atomic E-state index is -0.181. The van der Waals surface area contributed by atoms with Crippen molar-refractivity contribution >= 4 is 39.1 Å². The van der Waals surface area contributed by atoms with E-state index in [1.165, 1.54) is 0 Å². The number of carbonyl (C=O) groups is 2. The molecule has 2 aromatic carbocycles. The van der Waals surface area contributed by atoms with Crippen molar-refractivity contribution in [1.29, 1.82) is 0 Å². The smallest absolute Gasteiger partial charge is 0.262 e. The third kappa shape index (κ3) is 3.46. The Bertz CT molecular complexity index is 729. The van der Waals surface area contributed by atoms with E-state index in [1.54, 1.807) is 18.2 Å². The van der Waals surface area contributed by atoms with Crippen LogP contribution in [0.3, 0.4) is 0 Å². The molecule has 2 N–H and O–H groups in total. The number of hydrogen-bond donors (Lipinski definition) is 2. The van der Waals surface area contributed by atoms with Crippen LogP contribution < -0.4 is 15.4 Å². The summed E-state index contributed by atoms with van der Waals surface area (Å²) in [6.07, 6.45) is 0.294. The maximum atomic E-state index is 12.1. The van der Waals surface area contributed by atoms with Gasteiger partial charge in [0.1, 0.15) is 5.75 Å². The zero-order valence-electron chi connectivity index (χ0n) is 11.6. The first-order chi connectivity index (χ1) is 10.6. The molecule has 0 unspecified atom stereocenters. The standard InChI is InChI=1S/C16H13BrN2O3/c17-11-3-1-10(2-4-11)7-15(20)18-12-5-6-13-14(8-12)22-9-16(21)19-13/h1-6,8H,7,9H2,(H,18,20)(H,19,21). The summed E-state index contributed by atoms with van der Waals surface area (Å²) in [5.74, 6) is 0.266. The van der Waals surface area contributed by atoms with Crippen molar-refractivity contribution in [3.05, 3.63) is 52.5 Å². The molecular weight excluding hydrogens is 348 g/mol. The Balaban J connectivity index is 1.66. The summed E-state index contributed by atoms with van der Waals surface area (Å²) < 4.78 is 6.30. The third-order valence-electron chi connectivity index (χ3n) is 3.18. The van der Waals surface area contributed by atoms with Crippen molar-refractivity contribution in [3.8, 4) is 5.75 Å². The van der Waals surface area contributed by atoms with E-state index in [0.717, 1.165) is 10.0 Å². The van der Waals surface area contributed by atoms with Gasteiger partial charge in [-0.05, 0) is 29.8 Å². The van der Waals surface area contributed by atoms with Crippen LogP contribution in [-0.2, 0) is 16.0 Å². The first-order valence-electron chi connectivity index (χ1n) is 6.71.